The zero-order valence-electron chi connectivity index (χ0n) is 46.3. The number of hydrogen-bond donors (Lipinski definition) is 0. The van der Waals surface area contributed by atoms with Gasteiger partial charge in [0, 0.05) is 19.3 Å². The number of allylic oxidation sites excluding steroid dienone is 12. The van der Waals surface area contributed by atoms with Crippen molar-refractivity contribution in [2.24, 2.45) is 0 Å². The van der Waals surface area contributed by atoms with E-state index in [9.17, 15) is 14.4 Å². The van der Waals surface area contributed by atoms with Crippen molar-refractivity contribution in [3.63, 3.8) is 0 Å². The van der Waals surface area contributed by atoms with E-state index in [-0.39, 0.29) is 31.1 Å². The summed E-state index contributed by atoms with van der Waals surface area (Å²) in [7, 11) is 0. The molecule has 0 unspecified atom stereocenters. The van der Waals surface area contributed by atoms with Gasteiger partial charge in [-0.3, -0.25) is 14.4 Å². The monoisotopic (exact) mass is 977 g/mol. The molecule has 0 aromatic rings. The van der Waals surface area contributed by atoms with Gasteiger partial charge in [0.25, 0.3) is 0 Å². The van der Waals surface area contributed by atoms with Gasteiger partial charge in [-0.05, 0) is 96.3 Å². The fraction of sp³-hybridized carbons (Fsp3) is 0.766. The van der Waals surface area contributed by atoms with E-state index in [2.05, 4.69) is 93.7 Å². The molecule has 0 aliphatic carbocycles. The van der Waals surface area contributed by atoms with E-state index >= 15 is 0 Å². The van der Waals surface area contributed by atoms with Gasteiger partial charge in [0.05, 0.1) is 0 Å². The average Bonchev–Trinajstić information content (AvgIpc) is 3.36. The summed E-state index contributed by atoms with van der Waals surface area (Å²) in [6.45, 7) is 6.59. The molecule has 0 amide bonds. The lowest BCUT2D eigenvalue weighted by atomic mass is 10.0. The number of carbonyl (C=O) groups is 3. The van der Waals surface area contributed by atoms with E-state index in [0.717, 1.165) is 103 Å². The molecule has 0 heterocycles. The molecule has 0 saturated heterocycles. The normalized spacial score (nSPS) is 12.6. The lowest BCUT2D eigenvalue weighted by Gasteiger charge is -2.18. The van der Waals surface area contributed by atoms with Crippen LogP contribution in [0, 0.1) is 0 Å². The third kappa shape index (κ3) is 55.8. The van der Waals surface area contributed by atoms with Gasteiger partial charge in [0.2, 0.25) is 0 Å². The van der Waals surface area contributed by atoms with Gasteiger partial charge in [0.1, 0.15) is 13.2 Å². The standard InChI is InChI=1S/C64H112O6/c1-4-7-10-13-16-19-22-25-28-30-32-34-36-39-42-45-48-51-54-57-63(66)69-60-61(59-68-62(65)56-53-50-47-44-41-38-27-24-21-18-15-12-9-6-3)70-64(67)58-55-52-49-46-43-40-37-35-33-31-29-26-23-20-17-14-11-8-5-2/h16-17,19-20,25-26,28-29,32-35,61H,4-15,18,21-24,27,30-31,36-60H2,1-3H3/b19-16-,20-17-,28-25-,29-26-,34-32-,35-33-/t61-/m1/s1. The predicted octanol–water partition coefficient (Wildman–Crippen LogP) is 20.2. The van der Waals surface area contributed by atoms with Crippen molar-refractivity contribution in [1.29, 1.82) is 0 Å². The van der Waals surface area contributed by atoms with Crippen molar-refractivity contribution in [3.8, 4) is 0 Å². The van der Waals surface area contributed by atoms with Gasteiger partial charge in [0.15, 0.2) is 6.10 Å². The van der Waals surface area contributed by atoms with Crippen LogP contribution in [0.2, 0.25) is 0 Å². The summed E-state index contributed by atoms with van der Waals surface area (Å²) in [6.07, 6.45) is 74.5. The molecule has 0 aliphatic heterocycles. The minimum atomic E-state index is -0.787. The summed E-state index contributed by atoms with van der Waals surface area (Å²) in [5.41, 5.74) is 0. The van der Waals surface area contributed by atoms with Crippen LogP contribution in [0.1, 0.15) is 297 Å². The van der Waals surface area contributed by atoms with Crippen LogP contribution in [0.5, 0.6) is 0 Å². The van der Waals surface area contributed by atoms with E-state index < -0.39 is 6.10 Å². The number of esters is 3. The highest BCUT2D eigenvalue weighted by molar-refractivity contribution is 5.71. The molecule has 0 rings (SSSR count). The molecule has 0 aliphatic rings. The van der Waals surface area contributed by atoms with Gasteiger partial charge in [-0.25, -0.2) is 0 Å². The topological polar surface area (TPSA) is 78.9 Å². The first-order chi connectivity index (χ1) is 34.5. The van der Waals surface area contributed by atoms with Crippen molar-refractivity contribution >= 4 is 17.9 Å². The van der Waals surface area contributed by atoms with Gasteiger partial charge in [-0.1, -0.05) is 254 Å². The van der Waals surface area contributed by atoms with Gasteiger partial charge in [-0.15, -0.1) is 0 Å². The second kappa shape index (κ2) is 58.4. The van der Waals surface area contributed by atoms with E-state index in [1.807, 2.05) is 0 Å². The maximum atomic E-state index is 12.9. The molecule has 1 atom stereocenters. The molecule has 0 bridgehead atoms. The first-order valence-electron chi connectivity index (χ1n) is 29.9. The fourth-order valence-corrected chi connectivity index (χ4v) is 8.40. The van der Waals surface area contributed by atoms with E-state index in [1.54, 1.807) is 0 Å². The average molecular weight is 978 g/mol. The molecular formula is C64H112O6. The number of carbonyl (C=O) groups excluding carboxylic acids is 3. The quantitative estimate of drug-likeness (QED) is 0.0261. The molecule has 6 nitrogen and oxygen atoms in total. The summed E-state index contributed by atoms with van der Waals surface area (Å²) in [5.74, 6) is -0.897. The minimum Gasteiger partial charge on any atom is -0.462 e. The largest absolute Gasteiger partial charge is 0.462 e. The molecule has 0 N–H and O–H groups in total. The molecular weight excluding hydrogens is 865 g/mol. The van der Waals surface area contributed by atoms with Crippen LogP contribution in [-0.2, 0) is 28.6 Å². The van der Waals surface area contributed by atoms with Crippen molar-refractivity contribution < 1.29 is 28.6 Å². The highest BCUT2D eigenvalue weighted by Crippen LogP contribution is 2.16. The zero-order chi connectivity index (χ0) is 50.7. The van der Waals surface area contributed by atoms with Gasteiger partial charge >= 0.3 is 17.9 Å². The first kappa shape index (κ1) is 66.9. The molecule has 0 radical (unpaired) electrons. The van der Waals surface area contributed by atoms with Gasteiger partial charge in [-0.2, -0.15) is 0 Å². The van der Waals surface area contributed by atoms with Crippen molar-refractivity contribution in [2.45, 2.75) is 303 Å². The van der Waals surface area contributed by atoms with Crippen molar-refractivity contribution in [2.75, 3.05) is 13.2 Å². The number of unbranched alkanes of at least 4 members (excludes halogenated alkanes) is 31. The Bertz CT molecular complexity index is 1310. The summed E-state index contributed by atoms with van der Waals surface area (Å²) in [5, 5.41) is 0. The Morgan fingerprint density at radius 2 is 0.514 bits per heavy atom. The molecule has 0 fully saturated rings. The highest BCUT2D eigenvalue weighted by atomic mass is 16.6. The van der Waals surface area contributed by atoms with Crippen LogP contribution in [0.25, 0.3) is 0 Å². The molecule has 404 valence electrons. The van der Waals surface area contributed by atoms with Crippen LogP contribution >= 0.6 is 0 Å². The van der Waals surface area contributed by atoms with Crippen LogP contribution in [0.3, 0.4) is 0 Å². The summed E-state index contributed by atoms with van der Waals surface area (Å²) >= 11 is 0. The predicted molar refractivity (Wildman–Crippen MR) is 302 cm³/mol. The Labute approximate surface area is 433 Å². The van der Waals surface area contributed by atoms with Crippen LogP contribution in [0.4, 0.5) is 0 Å². The van der Waals surface area contributed by atoms with Crippen molar-refractivity contribution in [3.05, 3.63) is 72.9 Å². The van der Waals surface area contributed by atoms with E-state index in [0.29, 0.717) is 19.3 Å². The van der Waals surface area contributed by atoms with E-state index in [1.165, 1.54) is 154 Å². The van der Waals surface area contributed by atoms with Crippen LogP contribution in [0.15, 0.2) is 72.9 Å². The number of ether oxygens (including phenoxy) is 3. The Hall–Kier alpha value is -3.15. The number of hydrogen-bond acceptors (Lipinski definition) is 6. The SMILES string of the molecule is CCCCC/C=C\C/C=C\C/C=C\CCCCCCCCC(=O)OC[C@@H](COC(=O)CCCCCCCCCCCCCCCC)OC(=O)CCCCCCCC/C=C\C/C=C\C/C=C\CCCCC. The molecule has 0 aromatic heterocycles. The Balaban J connectivity index is 4.41. The molecule has 6 heteroatoms. The summed E-state index contributed by atoms with van der Waals surface area (Å²) in [6, 6.07) is 0. The zero-order valence-corrected chi connectivity index (χ0v) is 46.3. The van der Waals surface area contributed by atoms with Crippen molar-refractivity contribution in [1.82, 2.24) is 0 Å². The lowest BCUT2D eigenvalue weighted by molar-refractivity contribution is -0.167. The third-order valence-electron chi connectivity index (χ3n) is 12.9. The smallest absolute Gasteiger partial charge is 0.306 e. The Morgan fingerprint density at radius 3 is 0.829 bits per heavy atom. The van der Waals surface area contributed by atoms with E-state index in [4.69, 9.17) is 14.2 Å². The lowest BCUT2D eigenvalue weighted by Crippen LogP contribution is -2.30. The minimum absolute atomic E-state index is 0.0829. The van der Waals surface area contributed by atoms with Gasteiger partial charge < -0.3 is 14.2 Å². The van der Waals surface area contributed by atoms with Crippen LogP contribution < -0.4 is 0 Å². The molecule has 0 saturated carbocycles. The third-order valence-corrected chi connectivity index (χ3v) is 12.9. The maximum Gasteiger partial charge on any atom is 0.306 e. The van der Waals surface area contributed by atoms with Crippen LogP contribution in [-0.4, -0.2) is 37.2 Å². The molecule has 0 spiro atoms. The number of rotatable bonds is 54. The maximum absolute atomic E-state index is 12.9. The summed E-state index contributed by atoms with van der Waals surface area (Å²) in [4.78, 5) is 38.2. The Morgan fingerprint density at radius 1 is 0.286 bits per heavy atom. The first-order valence-corrected chi connectivity index (χ1v) is 29.9. The summed E-state index contributed by atoms with van der Waals surface area (Å²) < 4.78 is 16.9. The molecule has 70 heavy (non-hydrogen) atoms. The fourth-order valence-electron chi connectivity index (χ4n) is 8.40. The highest BCUT2D eigenvalue weighted by Gasteiger charge is 2.19. The second-order valence-electron chi connectivity index (χ2n) is 19.9. The second-order valence-corrected chi connectivity index (χ2v) is 19.9. The molecule has 0 aromatic carbocycles. The Kier molecular flexibility index (Phi) is 55.8.